The summed E-state index contributed by atoms with van der Waals surface area (Å²) < 4.78 is 11.3. The third-order valence-electron chi connectivity index (χ3n) is 16.7. The third-order valence-corrected chi connectivity index (χ3v) is 16.7. The fourth-order valence-electron chi connectivity index (χ4n) is 11.3. The zero-order valence-electron chi connectivity index (χ0n) is 52.2. The molecule has 0 spiro atoms. The number of rotatable bonds is 61. The number of allylic oxidation sites excluding steroid dienone is 5. The van der Waals surface area contributed by atoms with Crippen molar-refractivity contribution in [3.8, 4) is 0 Å². The van der Waals surface area contributed by atoms with Crippen LogP contribution >= 0.6 is 0 Å². The van der Waals surface area contributed by atoms with Gasteiger partial charge in [-0.05, 0) is 51.4 Å². The molecule has 0 aromatic carbocycles. The first-order valence-corrected chi connectivity index (χ1v) is 34.7. The highest BCUT2D eigenvalue weighted by Gasteiger charge is 2.44. The van der Waals surface area contributed by atoms with Crippen LogP contribution in [0.2, 0.25) is 0 Å². The molecule has 1 saturated heterocycles. The van der Waals surface area contributed by atoms with E-state index in [1.807, 2.05) is 6.08 Å². The Morgan fingerprint density at radius 1 is 0.430 bits per heavy atom. The Morgan fingerprint density at radius 2 is 0.747 bits per heavy atom. The van der Waals surface area contributed by atoms with E-state index < -0.39 is 49.5 Å². The Labute approximate surface area is 489 Å². The van der Waals surface area contributed by atoms with E-state index in [0.717, 1.165) is 44.9 Å². The maximum Gasteiger partial charge on any atom is 0.220 e. The molecule has 0 bridgehead atoms. The summed E-state index contributed by atoms with van der Waals surface area (Å²) in [4.78, 5) is 13.1. The Bertz CT molecular complexity index is 1340. The number of aliphatic hydroxyl groups is 5. The van der Waals surface area contributed by atoms with Gasteiger partial charge in [0.2, 0.25) is 5.91 Å². The van der Waals surface area contributed by atoms with Crippen LogP contribution in [0.1, 0.15) is 348 Å². The average molecular weight is 1120 g/mol. The fraction of sp³-hybridized carbons (Fsp3) is 0.900. The Hall–Kier alpha value is -1.59. The largest absolute Gasteiger partial charge is 0.394 e. The summed E-state index contributed by atoms with van der Waals surface area (Å²) in [5.74, 6) is -0.172. The molecule has 1 amide bonds. The lowest BCUT2D eigenvalue weighted by Crippen LogP contribution is -2.60. The molecule has 1 aliphatic heterocycles. The van der Waals surface area contributed by atoms with Gasteiger partial charge in [0.25, 0.3) is 0 Å². The molecule has 6 N–H and O–H groups in total. The molecule has 0 saturated carbocycles. The van der Waals surface area contributed by atoms with Gasteiger partial charge in [-0.15, -0.1) is 0 Å². The Balaban J connectivity index is 2.06. The smallest absolute Gasteiger partial charge is 0.220 e. The van der Waals surface area contributed by atoms with Crippen molar-refractivity contribution in [3.63, 3.8) is 0 Å². The van der Waals surface area contributed by atoms with Gasteiger partial charge in [0.05, 0.1) is 25.4 Å². The van der Waals surface area contributed by atoms with E-state index in [1.54, 1.807) is 6.08 Å². The van der Waals surface area contributed by atoms with Gasteiger partial charge in [0.15, 0.2) is 6.29 Å². The van der Waals surface area contributed by atoms with Crippen LogP contribution in [-0.4, -0.2) is 87.5 Å². The van der Waals surface area contributed by atoms with Crippen molar-refractivity contribution in [2.45, 2.75) is 391 Å². The number of aliphatic hydroxyl groups excluding tert-OH is 5. The Morgan fingerprint density at radius 3 is 1.09 bits per heavy atom. The number of unbranched alkanes of at least 4 members (excludes halogenated alkanes) is 47. The van der Waals surface area contributed by atoms with Gasteiger partial charge in [0, 0.05) is 6.42 Å². The molecule has 9 heteroatoms. The van der Waals surface area contributed by atoms with E-state index >= 15 is 0 Å². The summed E-state index contributed by atoms with van der Waals surface area (Å²) in [6.45, 7) is 3.82. The molecule has 1 rings (SSSR count). The van der Waals surface area contributed by atoms with Gasteiger partial charge in [-0.3, -0.25) is 4.79 Å². The Kier molecular flexibility index (Phi) is 56.9. The van der Waals surface area contributed by atoms with E-state index in [9.17, 15) is 30.3 Å². The molecule has 79 heavy (non-hydrogen) atoms. The maximum atomic E-state index is 13.1. The van der Waals surface area contributed by atoms with Gasteiger partial charge < -0.3 is 40.3 Å². The van der Waals surface area contributed by atoms with Crippen molar-refractivity contribution in [2.75, 3.05) is 13.2 Å². The molecule has 7 unspecified atom stereocenters. The number of nitrogens with one attached hydrogen (secondary N) is 1. The van der Waals surface area contributed by atoms with Crippen LogP contribution in [-0.2, 0) is 14.3 Å². The van der Waals surface area contributed by atoms with Crippen LogP contribution in [0.3, 0.4) is 0 Å². The molecule has 1 fully saturated rings. The summed E-state index contributed by atoms with van der Waals surface area (Å²) in [6.07, 6.45) is 72.6. The second kappa shape index (κ2) is 59.6. The van der Waals surface area contributed by atoms with Gasteiger partial charge in [-0.2, -0.15) is 0 Å². The molecule has 466 valence electrons. The van der Waals surface area contributed by atoms with Crippen molar-refractivity contribution < 1.29 is 39.8 Å². The number of hydrogen-bond donors (Lipinski definition) is 6. The molecule has 0 aromatic rings. The molecular formula is C70H133NO8. The van der Waals surface area contributed by atoms with Crippen LogP contribution < -0.4 is 5.32 Å². The van der Waals surface area contributed by atoms with E-state index in [4.69, 9.17) is 9.47 Å². The normalized spacial score (nSPS) is 18.7. The molecule has 0 aliphatic carbocycles. The standard InChI is InChI=1S/C70H133NO8/c1-3-5-7-9-11-13-15-17-19-21-22-23-24-25-26-27-28-29-30-31-32-33-34-35-36-37-38-39-40-41-42-44-46-48-50-52-54-56-58-60-66(74)71-63(62-78-70-69(77)68(76)67(75)65(61-72)79-70)64(73)59-57-55-53-51-49-47-45-43-20-18-16-14-12-10-8-6-4-2/h28-29,31-32,57,59,63-65,67-70,72-73,75-77H,3-27,30,33-56,58,60-62H2,1-2H3,(H,71,74)/b29-28-,32-31-,59-57+. The predicted octanol–water partition coefficient (Wildman–Crippen LogP) is 18.6. The maximum absolute atomic E-state index is 13.1. The van der Waals surface area contributed by atoms with Crippen molar-refractivity contribution in [3.05, 3.63) is 36.5 Å². The van der Waals surface area contributed by atoms with E-state index in [2.05, 4.69) is 43.5 Å². The minimum absolute atomic E-state index is 0.172. The number of carbonyl (C=O) groups excluding carboxylic acids is 1. The van der Waals surface area contributed by atoms with Gasteiger partial charge in [-0.1, -0.05) is 326 Å². The molecule has 0 radical (unpaired) electrons. The predicted molar refractivity (Wildman–Crippen MR) is 337 cm³/mol. The monoisotopic (exact) mass is 1120 g/mol. The quantitative estimate of drug-likeness (QED) is 0.0261. The SMILES string of the molecule is CCCCCCCCCCCCCCCCC/C=C\C/C=C\CCCCCCCCCCCCCCCCCCCC(=O)NC(COC1OC(CO)C(O)C(O)C1O)C(O)/C=C/CCCCCCCCCCCCCCCCC. The van der Waals surface area contributed by atoms with E-state index in [1.165, 1.54) is 283 Å². The third kappa shape index (κ3) is 48.5. The van der Waals surface area contributed by atoms with Gasteiger partial charge in [-0.25, -0.2) is 0 Å². The zero-order chi connectivity index (χ0) is 57.2. The van der Waals surface area contributed by atoms with E-state index in [-0.39, 0.29) is 12.5 Å². The first kappa shape index (κ1) is 75.4. The minimum Gasteiger partial charge on any atom is -0.394 e. The second-order valence-electron chi connectivity index (χ2n) is 24.3. The highest BCUT2D eigenvalue weighted by Crippen LogP contribution is 2.23. The summed E-state index contributed by atoms with van der Waals surface area (Å²) in [7, 11) is 0. The van der Waals surface area contributed by atoms with Crippen LogP contribution in [0.15, 0.2) is 36.5 Å². The van der Waals surface area contributed by atoms with Crippen molar-refractivity contribution in [1.29, 1.82) is 0 Å². The van der Waals surface area contributed by atoms with Gasteiger partial charge in [0.1, 0.15) is 24.4 Å². The first-order chi connectivity index (χ1) is 38.8. The topological polar surface area (TPSA) is 149 Å². The molecule has 1 heterocycles. The van der Waals surface area contributed by atoms with Crippen molar-refractivity contribution >= 4 is 5.91 Å². The van der Waals surface area contributed by atoms with Gasteiger partial charge >= 0.3 is 0 Å². The number of hydrogen-bond acceptors (Lipinski definition) is 8. The number of amides is 1. The van der Waals surface area contributed by atoms with Crippen molar-refractivity contribution in [2.24, 2.45) is 0 Å². The summed E-state index contributed by atoms with van der Waals surface area (Å²) in [5, 5.41) is 54.6. The average Bonchev–Trinajstić information content (AvgIpc) is 3.48. The highest BCUT2D eigenvalue weighted by atomic mass is 16.7. The molecular weight excluding hydrogens is 983 g/mol. The minimum atomic E-state index is -1.57. The van der Waals surface area contributed by atoms with Crippen LogP contribution in [0.5, 0.6) is 0 Å². The molecule has 1 aliphatic rings. The molecule has 7 atom stereocenters. The summed E-state index contributed by atoms with van der Waals surface area (Å²) in [5.41, 5.74) is 0. The fourth-order valence-corrected chi connectivity index (χ4v) is 11.3. The first-order valence-electron chi connectivity index (χ1n) is 34.7. The van der Waals surface area contributed by atoms with E-state index in [0.29, 0.717) is 6.42 Å². The lowest BCUT2D eigenvalue weighted by atomic mass is 9.99. The summed E-state index contributed by atoms with van der Waals surface area (Å²) in [6, 6.07) is -0.804. The van der Waals surface area contributed by atoms with Crippen LogP contribution in [0.25, 0.3) is 0 Å². The van der Waals surface area contributed by atoms with Crippen molar-refractivity contribution in [1.82, 2.24) is 5.32 Å². The van der Waals surface area contributed by atoms with Crippen LogP contribution in [0, 0.1) is 0 Å². The highest BCUT2D eigenvalue weighted by molar-refractivity contribution is 5.76. The lowest BCUT2D eigenvalue weighted by molar-refractivity contribution is -0.302. The lowest BCUT2D eigenvalue weighted by Gasteiger charge is -2.40. The number of ether oxygens (including phenoxy) is 2. The zero-order valence-corrected chi connectivity index (χ0v) is 52.2. The summed E-state index contributed by atoms with van der Waals surface area (Å²) >= 11 is 0. The second-order valence-corrected chi connectivity index (χ2v) is 24.3. The van der Waals surface area contributed by atoms with Crippen LogP contribution in [0.4, 0.5) is 0 Å². The molecule has 9 nitrogen and oxygen atoms in total. The number of carbonyl (C=O) groups is 1. The molecule has 0 aromatic heterocycles.